The average Bonchev–Trinajstić information content (AvgIpc) is 3.10. The van der Waals surface area contributed by atoms with E-state index < -0.39 is 12.1 Å². The van der Waals surface area contributed by atoms with Crippen LogP contribution in [0.1, 0.15) is 11.1 Å². The molecule has 1 aromatic heterocycles. The summed E-state index contributed by atoms with van der Waals surface area (Å²) < 4.78 is 13.7. The van der Waals surface area contributed by atoms with Crippen molar-refractivity contribution in [2.45, 2.75) is 24.9 Å². The summed E-state index contributed by atoms with van der Waals surface area (Å²) in [7, 11) is 3.32. The van der Waals surface area contributed by atoms with Gasteiger partial charge in [0.1, 0.15) is 17.9 Å². The number of piperazine rings is 1. The van der Waals surface area contributed by atoms with Crippen LogP contribution in [0.5, 0.6) is 0 Å². The number of aromatic amines is 1. The Balaban J connectivity index is 1.57. The van der Waals surface area contributed by atoms with E-state index in [1.165, 1.54) is 21.9 Å². The Morgan fingerprint density at radius 2 is 1.59 bits per heavy atom. The third kappa shape index (κ3) is 3.60. The number of nitrogens with one attached hydrogen (secondary N) is 1. The first-order chi connectivity index (χ1) is 13.8. The van der Waals surface area contributed by atoms with Gasteiger partial charge in [0.15, 0.2) is 0 Å². The molecule has 2 atom stereocenters. The van der Waals surface area contributed by atoms with Crippen molar-refractivity contribution >= 4 is 34.3 Å². The highest BCUT2D eigenvalue weighted by Gasteiger charge is 2.42. The van der Waals surface area contributed by atoms with Gasteiger partial charge < -0.3 is 14.8 Å². The first-order valence-electron chi connectivity index (χ1n) is 9.38. The number of hydrogen-bond acceptors (Lipinski definition) is 2. The molecule has 1 N–H and O–H groups in total. The molecule has 0 spiro atoms. The van der Waals surface area contributed by atoms with Crippen molar-refractivity contribution in [3.8, 4) is 0 Å². The zero-order chi connectivity index (χ0) is 20.7. The lowest BCUT2D eigenvalue weighted by atomic mass is 9.95. The van der Waals surface area contributed by atoms with Gasteiger partial charge in [-0.1, -0.05) is 23.7 Å². The lowest BCUT2D eigenvalue weighted by Gasteiger charge is -2.42. The van der Waals surface area contributed by atoms with E-state index in [0.29, 0.717) is 17.9 Å². The highest BCUT2D eigenvalue weighted by atomic mass is 35.5. The number of rotatable bonds is 4. The number of halogens is 2. The Hall–Kier alpha value is -2.86. The molecule has 3 aromatic rings. The molecule has 7 heteroatoms. The van der Waals surface area contributed by atoms with Gasteiger partial charge in [-0.3, -0.25) is 9.59 Å². The predicted molar refractivity (Wildman–Crippen MR) is 110 cm³/mol. The van der Waals surface area contributed by atoms with Gasteiger partial charge in [0.05, 0.1) is 0 Å². The number of carbonyl (C=O) groups is 2. The number of hydrogen-bond donors (Lipinski definition) is 1. The first kappa shape index (κ1) is 19.5. The van der Waals surface area contributed by atoms with Crippen molar-refractivity contribution in [2.75, 3.05) is 14.1 Å². The number of benzene rings is 2. The van der Waals surface area contributed by atoms with Gasteiger partial charge in [-0.05, 0) is 41.5 Å². The lowest BCUT2D eigenvalue weighted by Crippen LogP contribution is -2.63. The molecule has 0 radical (unpaired) electrons. The molecule has 1 aliphatic rings. The zero-order valence-electron chi connectivity index (χ0n) is 16.2. The van der Waals surface area contributed by atoms with E-state index in [1.54, 1.807) is 38.5 Å². The minimum Gasteiger partial charge on any atom is -0.361 e. The molecule has 150 valence electrons. The summed E-state index contributed by atoms with van der Waals surface area (Å²) in [5.41, 5.74) is 2.54. The second-order valence-electron chi connectivity index (χ2n) is 7.47. The summed E-state index contributed by atoms with van der Waals surface area (Å²) in [6.07, 6.45) is 2.52. The Bertz CT molecular complexity index is 1080. The van der Waals surface area contributed by atoms with Crippen LogP contribution in [0.15, 0.2) is 48.7 Å². The molecule has 1 saturated heterocycles. The van der Waals surface area contributed by atoms with Crippen LogP contribution in [0.2, 0.25) is 5.02 Å². The minimum atomic E-state index is -0.628. The van der Waals surface area contributed by atoms with Crippen molar-refractivity contribution in [3.63, 3.8) is 0 Å². The van der Waals surface area contributed by atoms with Gasteiger partial charge >= 0.3 is 0 Å². The maximum absolute atomic E-state index is 13.7. The van der Waals surface area contributed by atoms with Crippen molar-refractivity contribution < 1.29 is 14.0 Å². The average molecular weight is 414 g/mol. The molecule has 0 bridgehead atoms. The lowest BCUT2D eigenvalue weighted by molar-refractivity contribution is -0.158. The van der Waals surface area contributed by atoms with Crippen LogP contribution in [0.25, 0.3) is 10.9 Å². The van der Waals surface area contributed by atoms with E-state index in [9.17, 15) is 14.0 Å². The molecule has 4 rings (SSSR count). The number of amides is 2. The molecule has 1 fully saturated rings. The molecule has 2 aromatic carbocycles. The van der Waals surface area contributed by atoms with Crippen LogP contribution in [0.3, 0.4) is 0 Å². The Kier molecular flexibility index (Phi) is 5.04. The number of likely N-dealkylation sites (N-methyl/N-ethyl adjacent to an activating group) is 2. The van der Waals surface area contributed by atoms with E-state index in [1.807, 2.05) is 12.1 Å². The number of nitrogens with zero attached hydrogens (tertiary/aromatic N) is 2. The molecule has 1 aliphatic heterocycles. The maximum atomic E-state index is 13.7. The normalized spacial score (nSPS) is 20.0. The number of carbonyl (C=O) groups excluding carboxylic acids is 2. The van der Waals surface area contributed by atoms with Gasteiger partial charge in [0.25, 0.3) is 0 Å². The molecule has 2 amide bonds. The molecule has 2 heterocycles. The Morgan fingerprint density at radius 1 is 0.966 bits per heavy atom. The summed E-state index contributed by atoms with van der Waals surface area (Å²) in [5.74, 6) is -0.576. The fourth-order valence-electron chi connectivity index (χ4n) is 3.93. The van der Waals surface area contributed by atoms with Gasteiger partial charge in [-0.15, -0.1) is 0 Å². The molecule has 0 saturated carbocycles. The SMILES string of the molecule is CN1C(=O)[C@H](Cc2c[nH]c3ccc(F)cc23)N(C)C(=O)[C@@H]1Cc1ccc(Cl)cc1. The van der Waals surface area contributed by atoms with Gasteiger partial charge in [0.2, 0.25) is 11.8 Å². The van der Waals surface area contributed by atoms with Crippen molar-refractivity contribution in [2.24, 2.45) is 0 Å². The molecule has 29 heavy (non-hydrogen) atoms. The fourth-order valence-corrected chi connectivity index (χ4v) is 4.05. The molecular formula is C22H21ClFN3O2. The summed E-state index contributed by atoms with van der Waals surface area (Å²) >= 11 is 5.93. The standard InChI is InChI=1S/C22H21ClFN3O2/c1-26-19(9-13-3-5-15(23)6-4-13)21(28)27(2)20(22(26)29)10-14-12-25-18-8-7-16(24)11-17(14)18/h3-8,11-12,19-20,25H,9-10H2,1-2H3/t19-,20-/m0/s1. The zero-order valence-corrected chi connectivity index (χ0v) is 16.9. The van der Waals surface area contributed by atoms with Crippen molar-refractivity contribution in [1.82, 2.24) is 14.8 Å². The quantitative estimate of drug-likeness (QED) is 0.712. The Morgan fingerprint density at radius 3 is 2.24 bits per heavy atom. The number of aromatic nitrogens is 1. The summed E-state index contributed by atoms with van der Waals surface area (Å²) in [6.45, 7) is 0. The molecule has 5 nitrogen and oxygen atoms in total. The third-order valence-electron chi connectivity index (χ3n) is 5.69. The topological polar surface area (TPSA) is 56.4 Å². The van der Waals surface area contributed by atoms with E-state index in [4.69, 9.17) is 11.6 Å². The van der Waals surface area contributed by atoms with Crippen molar-refractivity contribution in [3.05, 3.63) is 70.6 Å². The largest absolute Gasteiger partial charge is 0.361 e. The number of fused-ring (bicyclic) bond motifs is 1. The van der Waals surface area contributed by atoms with Crippen LogP contribution in [0, 0.1) is 5.82 Å². The summed E-state index contributed by atoms with van der Waals surface area (Å²) in [6, 6.07) is 10.6. The highest BCUT2D eigenvalue weighted by Crippen LogP contribution is 2.26. The van der Waals surface area contributed by atoms with Crippen molar-refractivity contribution in [1.29, 1.82) is 0 Å². The van der Waals surface area contributed by atoms with Crippen LogP contribution >= 0.6 is 11.6 Å². The smallest absolute Gasteiger partial charge is 0.246 e. The molecule has 0 aliphatic carbocycles. The van der Waals surface area contributed by atoms with Gasteiger partial charge in [0, 0.05) is 49.1 Å². The second-order valence-corrected chi connectivity index (χ2v) is 7.90. The van der Waals surface area contributed by atoms with E-state index in [0.717, 1.165) is 22.0 Å². The van der Waals surface area contributed by atoms with Crippen LogP contribution in [-0.4, -0.2) is 52.8 Å². The maximum Gasteiger partial charge on any atom is 0.246 e. The molecule has 0 unspecified atom stereocenters. The third-order valence-corrected chi connectivity index (χ3v) is 5.94. The van der Waals surface area contributed by atoms with Crippen LogP contribution in [-0.2, 0) is 22.4 Å². The van der Waals surface area contributed by atoms with Gasteiger partial charge in [-0.2, -0.15) is 0 Å². The van der Waals surface area contributed by atoms with E-state index in [2.05, 4.69) is 4.98 Å². The van der Waals surface area contributed by atoms with Crippen LogP contribution < -0.4 is 0 Å². The molecular weight excluding hydrogens is 393 g/mol. The summed E-state index contributed by atoms with van der Waals surface area (Å²) in [4.78, 5) is 32.3. The highest BCUT2D eigenvalue weighted by molar-refractivity contribution is 6.30. The number of H-pyrrole nitrogens is 1. The predicted octanol–water partition coefficient (Wildman–Crippen LogP) is 3.41. The first-order valence-corrected chi connectivity index (χ1v) is 9.76. The second kappa shape index (κ2) is 7.52. The van der Waals surface area contributed by atoms with E-state index in [-0.39, 0.29) is 17.6 Å². The monoisotopic (exact) mass is 413 g/mol. The fraction of sp³-hybridized carbons (Fsp3) is 0.273. The van der Waals surface area contributed by atoms with Gasteiger partial charge in [-0.25, -0.2) is 4.39 Å². The Labute approximate surface area is 173 Å². The summed E-state index contributed by atoms with van der Waals surface area (Å²) in [5, 5.41) is 1.35. The minimum absolute atomic E-state index is 0.113. The van der Waals surface area contributed by atoms with Crippen LogP contribution in [0.4, 0.5) is 4.39 Å². The van der Waals surface area contributed by atoms with E-state index >= 15 is 0 Å².